The summed E-state index contributed by atoms with van der Waals surface area (Å²) in [4.78, 5) is 0. The maximum Gasteiger partial charge on any atom is 0.165 e. The molecule has 1 aromatic rings. The highest BCUT2D eigenvalue weighted by Gasteiger charge is 2.33. The number of sulfone groups is 1. The van der Waals surface area contributed by atoms with Crippen LogP contribution in [0.15, 0.2) is 18.2 Å². The Labute approximate surface area is 125 Å². The van der Waals surface area contributed by atoms with E-state index in [1.807, 2.05) is 13.1 Å². The Morgan fingerprint density at radius 2 is 2.24 bits per heavy atom. The highest BCUT2D eigenvalue weighted by Crippen LogP contribution is 2.29. The van der Waals surface area contributed by atoms with Gasteiger partial charge in [0.15, 0.2) is 21.4 Å². The highest BCUT2D eigenvalue weighted by atomic mass is 32.2. The number of nitrogens with one attached hydrogen (secondary N) is 1. The summed E-state index contributed by atoms with van der Waals surface area (Å²) < 4.78 is 41.9. The summed E-state index contributed by atoms with van der Waals surface area (Å²) in [6.45, 7) is 0.730. The molecule has 1 heterocycles. The first-order valence-electron chi connectivity index (χ1n) is 7.12. The lowest BCUT2D eigenvalue weighted by molar-refractivity contribution is 0.350. The molecule has 2 atom stereocenters. The van der Waals surface area contributed by atoms with Gasteiger partial charge in [0.2, 0.25) is 0 Å². The van der Waals surface area contributed by atoms with Gasteiger partial charge in [-0.05, 0) is 56.0 Å². The van der Waals surface area contributed by atoms with Gasteiger partial charge in [0.1, 0.15) is 0 Å². The number of hydrogen-bond donors (Lipinski definition) is 1. The minimum Gasteiger partial charge on any atom is -0.494 e. The van der Waals surface area contributed by atoms with Crippen LogP contribution in [-0.4, -0.2) is 40.6 Å². The summed E-state index contributed by atoms with van der Waals surface area (Å²) >= 11 is 0. The lowest BCUT2D eigenvalue weighted by Crippen LogP contribution is -2.28. The second-order valence-corrected chi connectivity index (χ2v) is 7.88. The molecule has 0 bridgehead atoms. The van der Waals surface area contributed by atoms with Crippen LogP contribution in [0.2, 0.25) is 0 Å². The molecule has 6 heteroatoms. The van der Waals surface area contributed by atoms with Crippen LogP contribution < -0.4 is 10.1 Å². The van der Waals surface area contributed by atoms with E-state index in [2.05, 4.69) is 5.32 Å². The molecule has 0 spiro atoms. The fraction of sp³-hybridized carbons (Fsp3) is 0.600. The largest absolute Gasteiger partial charge is 0.494 e. The molecule has 0 radical (unpaired) electrons. The fourth-order valence-corrected chi connectivity index (χ4v) is 4.92. The lowest BCUT2D eigenvalue weighted by atomic mass is 9.86. The molecule has 0 saturated carbocycles. The van der Waals surface area contributed by atoms with Crippen LogP contribution >= 0.6 is 0 Å². The standard InChI is InChI=1S/C15H22FNO3S/c1-17-9-13(12-5-6-21(18,19)10-12)7-11-3-4-15(20-2)14(16)8-11/h3-4,8,12-13,17H,5-7,9-10H2,1-2H3. The summed E-state index contributed by atoms with van der Waals surface area (Å²) in [6, 6.07) is 4.94. The molecule has 0 amide bonds. The second kappa shape index (κ2) is 6.75. The molecular formula is C15H22FNO3S. The van der Waals surface area contributed by atoms with Gasteiger partial charge in [-0.1, -0.05) is 6.07 Å². The zero-order valence-corrected chi connectivity index (χ0v) is 13.2. The van der Waals surface area contributed by atoms with Crippen molar-refractivity contribution in [1.82, 2.24) is 5.32 Å². The van der Waals surface area contributed by atoms with Crippen LogP contribution in [-0.2, 0) is 16.3 Å². The summed E-state index contributed by atoms with van der Waals surface area (Å²) in [5.41, 5.74) is 0.873. The van der Waals surface area contributed by atoms with E-state index in [1.54, 1.807) is 6.07 Å². The van der Waals surface area contributed by atoms with Crippen molar-refractivity contribution in [2.45, 2.75) is 12.8 Å². The fourth-order valence-electron chi connectivity index (χ4n) is 3.00. The monoisotopic (exact) mass is 315 g/mol. The van der Waals surface area contributed by atoms with Gasteiger partial charge in [0, 0.05) is 0 Å². The number of halogens is 1. The maximum atomic E-state index is 13.8. The van der Waals surface area contributed by atoms with Gasteiger partial charge in [0.05, 0.1) is 18.6 Å². The Bertz CT molecular complexity index is 589. The average molecular weight is 315 g/mol. The van der Waals surface area contributed by atoms with Gasteiger partial charge in [-0.25, -0.2) is 12.8 Å². The SMILES string of the molecule is CNCC(Cc1ccc(OC)c(F)c1)C1CCS(=O)(=O)C1. The quantitative estimate of drug-likeness (QED) is 0.867. The molecule has 1 aliphatic heterocycles. The summed E-state index contributed by atoms with van der Waals surface area (Å²) in [5.74, 6) is 0.713. The first kappa shape index (κ1) is 16.2. The molecule has 2 unspecified atom stereocenters. The van der Waals surface area contributed by atoms with Gasteiger partial charge < -0.3 is 10.1 Å². The Morgan fingerprint density at radius 1 is 1.48 bits per heavy atom. The third-order valence-electron chi connectivity index (χ3n) is 4.11. The number of benzene rings is 1. The molecule has 1 aliphatic rings. The molecule has 0 aliphatic carbocycles. The lowest BCUT2D eigenvalue weighted by Gasteiger charge is -2.22. The predicted octanol–water partition coefficient (Wildman–Crippen LogP) is 1.65. The molecule has 1 N–H and O–H groups in total. The molecule has 1 fully saturated rings. The molecule has 1 aromatic carbocycles. The highest BCUT2D eigenvalue weighted by molar-refractivity contribution is 7.91. The van der Waals surface area contributed by atoms with E-state index in [9.17, 15) is 12.8 Å². The van der Waals surface area contributed by atoms with E-state index in [0.29, 0.717) is 12.8 Å². The zero-order valence-electron chi connectivity index (χ0n) is 12.4. The first-order chi connectivity index (χ1) is 9.95. The molecular weight excluding hydrogens is 293 g/mol. The van der Waals surface area contributed by atoms with Crippen LogP contribution in [0.25, 0.3) is 0 Å². The Balaban J connectivity index is 2.11. The van der Waals surface area contributed by atoms with E-state index in [4.69, 9.17) is 4.74 Å². The Hall–Kier alpha value is -1.14. The number of methoxy groups -OCH3 is 1. The predicted molar refractivity (Wildman–Crippen MR) is 80.8 cm³/mol. The minimum atomic E-state index is -2.89. The second-order valence-electron chi connectivity index (χ2n) is 5.65. The van der Waals surface area contributed by atoms with Crippen LogP contribution in [0.4, 0.5) is 4.39 Å². The van der Waals surface area contributed by atoms with Crippen molar-refractivity contribution in [3.8, 4) is 5.75 Å². The average Bonchev–Trinajstić information content (AvgIpc) is 2.79. The van der Waals surface area contributed by atoms with Crippen molar-refractivity contribution in [2.24, 2.45) is 11.8 Å². The van der Waals surface area contributed by atoms with Gasteiger partial charge >= 0.3 is 0 Å². The van der Waals surface area contributed by atoms with E-state index in [1.165, 1.54) is 13.2 Å². The van der Waals surface area contributed by atoms with Gasteiger partial charge in [-0.3, -0.25) is 0 Å². The minimum absolute atomic E-state index is 0.146. The van der Waals surface area contributed by atoms with Crippen molar-refractivity contribution < 1.29 is 17.5 Å². The van der Waals surface area contributed by atoms with Crippen molar-refractivity contribution in [1.29, 1.82) is 0 Å². The van der Waals surface area contributed by atoms with Crippen molar-refractivity contribution in [3.05, 3.63) is 29.6 Å². The summed E-state index contributed by atoms with van der Waals surface area (Å²) in [7, 11) is 0.396. The van der Waals surface area contributed by atoms with Crippen molar-refractivity contribution >= 4 is 9.84 Å². The van der Waals surface area contributed by atoms with Crippen LogP contribution in [0, 0.1) is 17.7 Å². The molecule has 118 valence electrons. The van der Waals surface area contributed by atoms with Gasteiger partial charge in [0.25, 0.3) is 0 Å². The molecule has 1 saturated heterocycles. The number of rotatable bonds is 6. The third-order valence-corrected chi connectivity index (χ3v) is 5.91. The first-order valence-corrected chi connectivity index (χ1v) is 8.94. The van der Waals surface area contributed by atoms with E-state index in [0.717, 1.165) is 12.1 Å². The maximum absolute atomic E-state index is 13.8. The van der Waals surface area contributed by atoms with Gasteiger partial charge in [-0.2, -0.15) is 0 Å². The van der Waals surface area contributed by atoms with Crippen LogP contribution in [0.1, 0.15) is 12.0 Å². The van der Waals surface area contributed by atoms with E-state index in [-0.39, 0.29) is 34.9 Å². The third kappa shape index (κ3) is 4.17. The van der Waals surface area contributed by atoms with Gasteiger partial charge in [-0.15, -0.1) is 0 Å². The van der Waals surface area contributed by atoms with Crippen molar-refractivity contribution in [2.75, 3.05) is 32.2 Å². The summed E-state index contributed by atoms with van der Waals surface area (Å²) in [6.07, 6.45) is 1.37. The Morgan fingerprint density at radius 3 is 2.76 bits per heavy atom. The molecule has 2 rings (SSSR count). The molecule has 21 heavy (non-hydrogen) atoms. The number of ether oxygens (including phenoxy) is 1. The zero-order chi connectivity index (χ0) is 15.5. The molecule has 0 aromatic heterocycles. The smallest absolute Gasteiger partial charge is 0.165 e. The number of hydrogen-bond acceptors (Lipinski definition) is 4. The van der Waals surface area contributed by atoms with E-state index < -0.39 is 9.84 Å². The topological polar surface area (TPSA) is 55.4 Å². The summed E-state index contributed by atoms with van der Waals surface area (Å²) in [5, 5.41) is 3.12. The Kier molecular flexibility index (Phi) is 5.22. The normalized spacial score (nSPS) is 22.1. The van der Waals surface area contributed by atoms with Crippen LogP contribution in [0.3, 0.4) is 0 Å². The van der Waals surface area contributed by atoms with Crippen LogP contribution in [0.5, 0.6) is 5.75 Å². The van der Waals surface area contributed by atoms with E-state index >= 15 is 0 Å². The van der Waals surface area contributed by atoms with Crippen molar-refractivity contribution in [3.63, 3.8) is 0 Å². The molecule has 4 nitrogen and oxygen atoms in total.